The molecule has 2 aromatic rings. The van der Waals surface area contributed by atoms with Crippen LogP contribution in [0.1, 0.15) is 24.8 Å². The first-order valence-electron chi connectivity index (χ1n) is 5.41. The highest BCUT2D eigenvalue weighted by Gasteiger charge is 2.22. The van der Waals surface area contributed by atoms with Crippen LogP contribution < -0.4 is 5.32 Å². The molecule has 0 saturated carbocycles. The molecule has 1 fully saturated rings. The molecular weight excluding hydrogens is 204 g/mol. The summed E-state index contributed by atoms with van der Waals surface area (Å²) in [6.45, 7) is 1.03. The van der Waals surface area contributed by atoms with Gasteiger partial charge in [-0.05, 0) is 31.5 Å². The van der Waals surface area contributed by atoms with Gasteiger partial charge in [-0.15, -0.1) is 0 Å². The zero-order valence-corrected chi connectivity index (χ0v) is 8.76. The lowest BCUT2D eigenvalue weighted by molar-refractivity contribution is 0.345. The summed E-state index contributed by atoms with van der Waals surface area (Å²) in [6, 6.07) is 3.97. The van der Waals surface area contributed by atoms with Gasteiger partial charge in [0, 0.05) is 18.0 Å². The Bertz CT molecular complexity index is 462. The largest absolute Gasteiger partial charge is 0.337 e. The Morgan fingerprint density at radius 1 is 1.31 bits per heavy atom. The monoisotopic (exact) mass is 216 g/mol. The third-order valence-corrected chi connectivity index (χ3v) is 2.74. The van der Waals surface area contributed by atoms with Crippen molar-refractivity contribution >= 4 is 0 Å². The van der Waals surface area contributed by atoms with E-state index in [4.69, 9.17) is 4.52 Å². The first kappa shape index (κ1) is 9.47. The van der Waals surface area contributed by atoms with Crippen molar-refractivity contribution in [1.82, 2.24) is 20.4 Å². The lowest BCUT2D eigenvalue weighted by Crippen LogP contribution is -2.12. The molecule has 0 aromatic carbocycles. The van der Waals surface area contributed by atoms with Crippen LogP contribution in [0.2, 0.25) is 0 Å². The molecule has 1 aliphatic rings. The Morgan fingerprint density at radius 2 is 2.19 bits per heavy atom. The molecule has 0 amide bonds. The Kier molecular flexibility index (Phi) is 2.38. The second-order valence-corrected chi connectivity index (χ2v) is 3.84. The van der Waals surface area contributed by atoms with Gasteiger partial charge in [0.25, 0.3) is 0 Å². The summed E-state index contributed by atoms with van der Waals surface area (Å²) in [7, 11) is 0. The van der Waals surface area contributed by atoms with Crippen LogP contribution in [0.25, 0.3) is 11.4 Å². The predicted molar refractivity (Wildman–Crippen MR) is 57.5 cm³/mol. The van der Waals surface area contributed by atoms with E-state index in [1.807, 2.05) is 12.1 Å². The van der Waals surface area contributed by atoms with E-state index in [0.717, 1.165) is 24.9 Å². The lowest BCUT2D eigenvalue weighted by Gasteiger charge is -2.01. The molecule has 0 bridgehead atoms. The number of rotatable bonds is 2. The molecule has 1 saturated heterocycles. The fourth-order valence-electron chi connectivity index (χ4n) is 1.89. The van der Waals surface area contributed by atoms with Crippen LogP contribution in [0.15, 0.2) is 29.0 Å². The molecule has 2 aromatic heterocycles. The van der Waals surface area contributed by atoms with E-state index in [9.17, 15) is 0 Å². The summed E-state index contributed by atoms with van der Waals surface area (Å²) in [6.07, 6.45) is 5.67. The van der Waals surface area contributed by atoms with E-state index in [2.05, 4.69) is 20.4 Å². The van der Waals surface area contributed by atoms with Crippen LogP contribution in [0, 0.1) is 0 Å². The van der Waals surface area contributed by atoms with Crippen molar-refractivity contribution in [2.75, 3.05) is 6.54 Å². The van der Waals surface area contributed by atoms with Gasteiger partial charge in [0.15, 0.2) is 0 Å². The molecule has 0 aliphatic carbocycles. The minimum Gasteiger partial charge on any atom is -0.337 e. The summed E-state index contributed by atoms with van der Waals surface area (Å²) < 4.78 is 5.26. The number of nitrogens with zero attached hydrogens (tertiary/aromatic N) is 3. The topological polar surface area (TPSA) is 63.8 Å². The molecule has 1 unspecified atom stereocenters. The van der Waals surface area contributed by atoms with Crippen LogP contribution in [0.3, 0.4) is 0 Å². The van der Waals surface area contributed by atoms with Crippen molar-refractivity contribution in [3.63, 3.8) is 0 Å². The van der Waals surface area contributed by atoms with Crippen molar-refractivity contribution in [3.05, 3.63) is 30.4 Å². The van der Waals surface area contributed by atoms with Gasteiger partial charge in [-0.3, -0.25) is 4.98 Å². The molecule has 1 aliphatic heterocycles. The lowest BCUT2D eigenvalue weighted by atomic mass is 10.2. The third-order valence-electron chi connectivity index (χ3n) is 2.74. The number of nitrogens with one attached hydrogen (secondary N) is 1. The predicted octanol–water partition coefficient (Wildman–Crippen LogP) is 1.56. The molecule has 1 N–H and O–H groups in total. The van der Waals surface area contributed by atoms with Crippen molar-refractivity contribution in [1.29, 1.82) is 0 Å². The highest BCUT2D eigenvalue weighted by atomic mass is 16.5. The molecular formula is C11H12N4O. The highest BCUT2D eigenvalue weighted by Crippen LogP contribution is 2.23. The van der Waals surface area contributed by atoms with E-state index in [1.54, 1.807) is 12.4 Å². The fraction of sp³-hybridized carbons (Fsp3) is 0.364. The maximum absolute atomic E-state index is 5.26. The summed E-state index contributed by atoms with van der Waals surface area (Å²) in [5, 5.41) is 7.31. The Labute approximate surface area is 92.9 Å². The average molecular weight is 216 g/mol. The maximum atomic E-state index is 5.26. The van der Waals surface area contributed by atoms with Gasteiger partial charge in [0.2, 0.25) is 11.7 Å². The van der Waals surface area contributed by atoms with Crippen molar-refractivity contribution < 1.29 is 4.52 Å². The van der Waals surface area contributed by atoms with Crippen LogP contribution in [0.5, 0.6) is 0 Å². The molecule has 16 heavy (non-hydrogen) atoms. The van der Waals surface area contributed by atoms with Gasteiger partial charge in [-0.1, -0.05) is 5.16 Å². The van der Waals surface area contributed by atoms with Gasteiger partial charge in [0.1, 0.15) is 0 Å². The smallest absolute Gasteiger partial charge is 0.244 e. The molecule has 3 rings (SSSR count). The zero-order chi connectivity index (χ0) is 10.8. The molecule has 0 spiro atoms. The fourth-order valence-corrected chi connectivity index (χ4v) is 1.89. The first-order chi connectivity index (χ1) is 7.93. The number of pyridine rings is 1. The Balaban J connectivity index is 1.87. The van der Waals surface area contributed by atoms with Gasteiger partial charge < -0.3 is 9.84 Å². The quantitative estimate of drug-likeness (QED) is 0.825. The SMILES string of the molecule is c1cc(-c2noc(C3CCCN3)n2)ccn1. The van der Waals surface area contributed by atoms with Crippen molar-refractivity contribution in [3.8, 4) is 11.4 Å². The molecule has 5 heteroatoms. The van der Waals surface area contributed by atoms with E-state index in [1.165, 1.54) is 0 Å². The van der Waals surface area contributed by atoms with E-state index in [-0.39, 0.29) is 6.04 Å². The number of aromatic nitrogens is 3. The minimum absolute atomic E-state index is 0.225. The summed E-state index contributed by atoms with van der Waals surface area (Å²) in [5.41, 5.74) is 0.933. The molecule has 1 atom stereocenters. The summed E-state index contributed by atoms with van der Waals surface area (Å²) in [4.78, 5) is 8.35. The zero-order valence-electron chi connectivity index (χ0n) is 8.76. The van der Waals surface area contributed by atoms with Gasteiger partial charge in [-0.25, -0.2) is 0 Å². The highest BCUT2D eigenvalue weighted by molar-refractivity contribution is 5.52. The van der Waals surface area contributed by atoms with Crippen molar-refractivity contribution in [2.24, 2.45) is 0 Å². The first-order valence-corrected chi connectivity index (χ1v) is 5.41. The molecule has 82 valence electrons. The third kappa shape index (κ3) is 1.69. The maximum Gasteiger partial charge on any atom is 0.244 e. The van der Waals surface area contributed by atoms with Crippen LogP contribution in [-0.4, -0.2) is 21.7 Å². The van der Waals surface area contributed by atoms with Gasteiger partial charge >= 0.3 is 0 Å². The second-order valence-electron chi connectivity index (χ2n) is 3.84. The van der Waals surface area contributed by atoms with Crippen LogP contribution in [0.4, 0.5) is 0 Å². The standard InChI is InChI=1S/C11H12N4O/c1-2-9(13-5-1)11-14-10(15-16-11)8-3-6-12-7-4-8/h3-4,6-7,9,13H,1-2,5H2. The van der Waals surface area contributed by atoms with Crippen LogP contribution >= 0.6 is 0 Å². The van der Waals surface area contributed by atoms with E-state index >= 15 is 0 Å². The second kappa shape index (κ2) is 4.02. The normalized spacial score (nSPS) is 20.1. The number of hydrogen-bond donors (Lipinski definition) is 1. The van der Waals surface area contributed by atoms with Gasteiger partial charge in [-0.2, -0.15) is 4.98 Å². The minimum atomic E-state index is 0.225. The Hall–Kier alpha value is -1.75. The molecule has 5 nitrogen and oxygen atoms in total. The summed E-state index contributed by atoms with van der Waals surface area (Å²) in [5.74, 6) is 1.32. The Morgan fingerprint density at radius 3 is 2.94 bits per heavy atom. The van der Waals surface area contributed by atoms with Gasteiger partial charge in [0.05, 0.1) is 6.04 Å². The summed E-state index contributed by atoms with van der Waals surface area (Å²) >= 11 is 0. The number of hydrogen-bond acceptors (Lipinski definition) is 5. The van der Waals surface area contributed by atoms with E-state index in [0.29, 0.717) is 11.7 Å². The molecule has 0 radical (unpaired) electrons. The van der Waals surface area contributed by atoms with Crippen LogP contribution in [-0.2, 0) is 0 Å². The average Bonchev–Trinajstić information content (AvgIpc) is 3.01. The van der Waals surface area contributed by atoms with E-state index < -0.39 is 0 Å². The van der Waals surface area contributed by atoms with Crippen molar-refractivity contribution in [2.45, 2.75) is 18.9 Å². The molecule has 3 heterocycles.